The normalized spacial score (nSPS) is 11.9. The van der Waals surface area contributed by atoms with E-state index in [-0.39, 0.29) is 11.8 Å². The lowest BCUT2D eigenvalue weighted by atomic mass is 10.2. The van der Waals surface area contributed by atoms with E-state index >= 15 is 0 Å². The van der Waals surface area contributed by atoms with Gasteiger partial charge in [-0.2, -0.15) is 4.98 Å². The highest BCUT2D eigenvalue weighted by Gasteiger charge is 2.15. The molecule has 1 N–H and O–H groups in total. The van der Waals surface area contributed by atoms with Gasteiger partial charge in [0.1, 0.15) is 6.04 Å². The Morgan fingerprint density at radius 3 is 2.64 bits per heavy atom. The summed E-state index contributed by atoms with van der Waals surface area (Å²) in [4.78, 5) is 4.39. The van der Waals surface area contributed by atoms with Gasteiger partial charge in [0.15, 0.2) is 28.9 Å². The van der Waals surface area contributed by atoms with Gasteiger partial charge in [-0.3, -0.25) is 0 Å². The van der Waals surface area contributed by atoms with Gasteiger partial charge in [0.05, 0.1) is 7.11 Å². The van der Waals surface area contributed by atoms with Crippen LogP contribution in [0.1, 0.15) is 44.4 Å². The Morgan fingerprint density at radius 1 is 1.14 bits per heavy atom. The monoisotopic (exact) mass is 385 g/mol. The van der Waals surface area contributed by atoms with Gasteiger partial charge in [0.25, 0.3) is 0 Å². The van der Waals surface area contributed by atoms with E-state index < -0.39 is 5.82 Å². The molecule has 2 aromatic carbocycles. The van der Waals surface area contributed by atoms with Crippen molar-refractivity contribution in [3.8, 4) is 17.2 Å². The van der Waals surface area contributed by atoms with Crippen LogP contribution in [0.5, 0.6) is 17.2 Å². The van der Waals surface area contributed by atoms with Gasteiger partial charge in [-0.15, -0.1) is 0 Å². The van der Waals surface area contributed by atoms with E-state index in [9.17, 15) is 4.39 Å². The fraction of sp³-hybridized carbons (Fsp3) is 0.333. The third kappa shape index (κ3) is 4.79. The number of methoxy groups -OCH3 is 1. The number of para-hydroxylation sites is 2. The average molecular weight is 385 g/mol. The first-order chi connectivity index (χ1) is 13.6. The van der Waals surface area contributed by atoms with Crippen LogP contribution in [-0.2, 0) is 6.42 Å². The first-order valence-electron chi connectivity index (χ1n) is 9.30. The molecule has 1 aromatic heterocycles. The lowest BCUT2D eigenvalue weighted by Crippen LogP contribution is -2.07. The molecule has 0 bridgehead atoms. The third-order valence-electron chi connectivity index (χ3n) is 4.21. The third-order valence-corrected chi connectivity index (χ3v) is 4.21. The molecule has 3 aromatic rings. The van der Waals surface area contributed by atoms with E-state index in [1.165, 1.54) is 13.2 Å². The first kappa shape index (κ1) is 19.7. The summed E-state index contributed by atoms with van der Waals surface area (Å²) in [7, 11) is 1.54. The molecule has 3 rings (SSSR count). The Morgan fingerprint density at radius 2 is 1.93 bits per heavy atom. The van der Waals surface area contributed by atoms with Crippen LogP contribution < -0.4 is 14.8 Å². The molecule has 0 aliphatic heterocycles. The summed E-state index contributed by atoms with van der Waals surface area (Å²) in [6.45, 7) is 4.00. The Balaban J connectivity index is 1.67. The molecule has 1 atom stereocenters. The maximum atomic E-state index is 14.5. The molecule has 0 saturated heterocycles. The number of benzene rings is 2. The number of hydrogen-bond acceptors (Lipinski definition) is 6. The largest absolute Gasteiger partial charge is 0.493 e. The molecule has 1 heterocycles. The second-order valence-corrected chi connectivity index (χ2v) is 6.42. The summed E-state index contributed by atoms with van der Waals surface area (Å²) in [5.41, 5.74) is 0.589. The van der Waals surface area contributed by atoms with Crippen molar-refractivity contribution >= 4 is 5.69 Å². The van der Waals surface area contributed by atoms with Crippen LogP contribution in [0.3, 0.4) is 0 Å². The number of hydrogen-bond donors (Lipinski definition) is 1. The highest BCUT2D eigenvalue weighted by molar-refractivity contribution is 5.50. The zero-order valence-electron chi connectivity index (χ0n) is 16.2. The Kier molecular flexibility index (Phi) is 6.47. The Hall–Kier alpha value is -3.09. The van der Waals surface area contributed by atoms with Gasteiger partial charge in [0, 0.05) is 18.2 Å². The highest BCUT2D eigenvalue weighted by Crippen LogP contribution is 2.33. The molecular weight excluding hydrogens is 361 g/mol. The maximum Gasteiger partial charge on any atom is 0.248 e. The van der Waals surface area contributed by atoms with Crippen LogP contribution in [0.2, 0.25) is 0 Å². The predicted octanol–water partition coefficient (Wildman–Crippen LogP) is 5.53. The summed E-state index contributed by atoms with van der Waals surface area (Å²) in [6.07, 6.45) is 2.87. The van der Waals surface area contributed by atoms with Crippen molar-refractivity contribution in [2.24, 2.45) is 0 Å². The van der Waals surface area contributed by atoms with Crippen molar-refractivity contribution in [2.75, 3.05) is 12.4 Å². The van der Waals surface area contributed by atoms with Crippen LogP contribution in [0.15, 0.2) is 47.0 Å². The average Bonchev–Trinajstić information content (AvgIpc) is 3.18. The molecule has 0 spiro atoms. The van der Waals surface area contributed by atoms with Gasteiger partial charge in [-0.1, -0.05) is 30.6 Å². The van der Waals surface area contributed by atoms with E-state index in [4.69, 9.17) is 14.0 Å². The molecule has 1 unspecified atom stereocenters. The van der Waals surface area contributed by atoms with E-state index in [1.54, 1.807) is 30.3 Å². The number of aryl methyl sites for hydroxylation is 1. The lowest BCUT2D eigenvalue weighted by Gasteiger charge is -2.14. The number of anilines is 1. The first-order valence-corrected chi connectivity index (χ1v) is 9.30. The van der Waals surface area contributed by atoms with Crippen molar-refractivity contribution in [1.29, 1.82) is 0 Å². The van der Waals surface area contributed by atoms with Gasteiger partial charge >= 0.3 is 0 Å². The molecule has 148 valence electrons. The predicted molar refractivity (Wildman–Crippen MR) is 104 cm³/mol. The lowest BCUT2D eigenvalue weighted by molar-refractivity contribution is 0.362. The number of halogens is 1. The SMILES string of the molecule is CCCCc1noc(C(C)Nc2ccc(Oc3ccccc3OC)c(F)c2)n1. The van der Waals surface area contributed by atoms with E-state index in [0.717, 1.165) is 19.3 Å². The molecule has 7 heteroatoms. The molecule has 0 saturated carbocycles. The highest BCUT2D eigenvalue weighted by atomic mass is 19.1. The fourth-order valence-corrected chi connectivity index (χ4v) is 2.69. The molecule has 0 aliphatic carbocycles. The number of nitrogens with one attached hydrogen (secondary N) is 1. The zero-order valence-corrected chi connectivity index (χ0v) is 16.2. The van der Waals surface area contributed by atoms with Gasteiger partial charge in [-0.25, -0.2) is 4.39 Å². The van der Waals surface area contributed by atoms with Crippen molar-refractivity contribution < 1.29 is 18.4 Å². The molecule has 0 aliphatic rings. The van der Waals surface area contributed by atoms with Crippen LogP contribution in [0.4, 0.5) is 10.1 Å². The zero-order chi connectivity index (χ0) is 19.9. The van der Waals surface area contributed by atoms with E-state index in [0.29, 0.717) is 28.9 Å². The Bertz CT molecular complexity index is 913. The standard InChI is InChI=1S/C21H24FN3O3/c1-4-5-10-20-24-21(28-25-20)14(2)23-15-11-12-17(16(22)13-15)27-19-9-7-6-8-18(19)26-3/h6-9,11-14,23H,4-5,10H2,1-3H3. The van der Waals surface area contributed by atoms with Crippen molar-refractivity contribution in [3.05, 3.63) is 60.0 Å². The molecule has 28 heavy (non-hydrogen) atoms. The Labute approximate surface area is 163 Å². The minimum absolute atomic E-state index is 0.113. The summed E-state index contributed by atoms with van der Waals surface area (Å²) in [6, 6.07) is 11.5. The van der Waals surface area contributed by atoms with Crippen LogP contribution in [0, 0.1) is 5.82 Å². The number of rotatable bonds is 9. The maximum absolute atomic E-state index is 14.5. The van der Waals surface area contributed by atoms with Gasteiger partial charge < -0.3 is 19.3 Å². The second kappa shape index (κ2) is 9.21. The van der Waals surface area contributed by atoms with Gasteiger partial charge in [0.2, 0.25) is 5.89 Å². The van der Waals surface area contributed by atoms with E-state index in [2.05, 4.69) is 22.4 Å². The molecule has 0 fully saturated rings. The summed E-state index contributed by atoms with van der Waals surface area (Å²) in [5.74, 6) is 1.77. The van der Waals surface area contributed by atoms with Crippen molar-refractivity contribution in [3.63, 3.8) is 0 Å². The van der Waals surface area contributed by atoms with Crippen molar-refractivity contribution in [2.45, 2.75) is 39.2 Å². The molecule has 0 amide bonds. The number of ether oxygens (including phenoxy) is 2. The fourth-order valence-electron chi connectivity index (χ4n) is 2.69. The summed E-state index contributed by atoms with van der Waals surface area (Å²) < 4.78 is 30.7. The topological polar surface area (TPSA) is 69.4 Å². The summed E-state index contributed by atoms with van der Waals surface area (Å²) in [5, 5.41) is 7.14. The molecule has 6 nitrogen and oxygen atoms in total. The quantitative estimate of drug-likeness (QED) is 0.523. The van der Waals surface area contributed by atoms with Crippen LogP contribution >= 0.6 is 0 Å². The van der Waals surface area contributed by atoms with Crippen LogP contribution in [-0.4, -0.2) is 17.3 Å². The summed E-state index contributed by atoms with van der Waals surface area (Å²) >= 11 is 0. The number of aromatic nitrogens is 2. The van der Waals surface area contributed by atoms with Crippen LogP contribution in [0.25, 0.3) is 0 Å². The minimum atomic E-state index is -0.489. The number of unbranched alkanes of at least 4 members (excludes halogenated alkanes) is 1. The second-order valence-electron chi connectivity index (χ2n) is 6.42. The van der Waals surface area contributed by atoms with Crippen molar-refractivity contribution in [1.82, 2.24) is 10.1 Å². The number of nitrogens with zero attached hydrogens (tertiary/aromatic N) is 2. The smallest absolute Gasteiger partial charge is 0.248 e. The molecule has 0 radical (unpaired) electrons. The molecular formula is C21H24FN3O3. The van der Waals surface area contributed by atoms with Gasteiger partial charge in [-0.05, 0) is 37.6 Å². The minimum Gasteiger partial charge on any atom is -0.493 e. The van der Waals surface area contributed by atoms with E-state index in [1.807, 2.05) is 13.0 Å².